The van der Waals surface area contributed by atoms with Crippen molar-refractivity contribution >= 4 is 0 Å². The van der Waals surface area contributed by atoms with Crippen molar-refractivity contribution < 1.29 is 17.9 Å². The minimum Gasteiger partial charge on any atom is -0.372 e. The van der Waals surface area contributed by atoms with Crippen molar-refractivity contribution in [1.29, 1.82) is 0 Å². The van der Waals surface area contributed by atoms with Crippen LogP contribution >= 0.6 is 0 Å². The van der Waals surface area contributed by atoms with Gasteiger partial charge in [0.05, 0.1) is 12.2 Å². The molecule has 0 saturated carbocycles. The molecule has 0 aliphatic carbocycles. The summed E-state index contributed by atoms with van der Waals surface area (Å²) in [7, 11) is 0. The Morgan fingerprint density at radius 1 is 1.28 bits per heavy atom. The van der Waals surface area contributed by atoms with Crippen molar-refractivity contribution in [2.75, 3.05) is 13.2 Å². The molecule has 100 valence electrons. The van der Waals surface area contributed by atoms with Gasteiger partial charge in [0.1, 0.15) is 11.4 Å². The van der Waals surface area contributed by atoms with Gasteiger partial charge in [-0.25, -0.2) is 13.2 Å². The highest BCUT2D eigenvalue weighted by Gasteiger charge is 2.48. The van der Waals surface area contributed by atoms with Crippen LogP contribution in [0.15, 0.2) is 24.3 Å². The lowest BCUT2D eigenvalue weighted by molar-refractivity contribution is -0.132. The van der Waals surface area contributed by atoms with Crippen LogP contribution in [0.5, 0.6) is 0 Å². The summed E-state index contributed by atoms with van der Waals surface area (Å²) < 4.78 is 46.0. The molecule has 0 radical (unpaired) electrons. The summed E-state index contributed by atoms with van der Waals surface area (Å²) in [5.41, 5.74) is -2.33. The molecule has 18 heavy (non-hydrogen) atoms. The third-order valence-electron chi connectivity index (χ3n) is 3.25. The zero-order valence-electron chi connectivity index (χ0n) is 10.3. The van der Waals surface area contributed by atoms with E-state index in [1.165, 1.54) is 18.2 Å². The van der Waals surface area contributed by atoms with E-state index in [0.717, 1.165) is 0 Å². The Kier molecular flexibility index (Phi) is 3.38. The predicted molar refractivity (Wildman–Crippen MR) is 62.1 cm³/mol. The SMILES string of the molecule is CC1(C)CNC(c2ccccc2F)(C(F)F)CO1. The van der Waals surface area contributed by atoms with Crippen molar-refractivity contribution in [3.63, 3.8) is 0 Å². The number of benzene rings is 1. The monoisotopic (exact) mass is 259 g/mol. The van der Waals surface area contributed by atoms with Gasteiger partial charge in [0.2, 0.25) is 0 Å². The van der Waals surface area contributed by atoms with Gasteiger partial charge in [0.15, 0.2) is 0 Å². The van der Waals surface area contributed by atoms with E-state index in [-0.39, 0.29) is 18.7 Å². The first-order chi connectivity index (χ1) is 8.37. The fourth-order valence-corrected chi connectivity index (χ4v) is 2.04. The Labute approximate surface area is 104 Å². The molecule has 1 aromatic rings. The van der Waals surface area contributed by atoms with Crippen LogP contribution in [0, 0.1) is 5.82 Å². The largest absolute Gasteiger partial charge is 0.372 e. The van der Waals surface area contributed by atoms with Gasteiger partial charge in [-0.05, 0) is 19.9 Å². The first-order valence-corrected chi connectivity index (χ1v) is 5.79. The second-order valence-corrected chi connectivity index (χ2v) is 5.15. The quantitative estimate of drug-likeness (QED) is 0.881. The highest BCUT2D eigenvalue weighted by atomic mass is 19.3. The summed E-state index contributed by atoms with van der Waals surface area (Å²) in [6, 6.07) is 5.58. The van der Waals surface area contributed by atoms with E-state index >= 15 is 0 Å². The van der Waals surface area contributed by atoms with Crippen molar-refractivity contribution in [2.24, 2.45) is 0 Å². The van der Waals surface area contributed by atoms with E-state index in [0.29, 0.717) is 0 Å². The first-order valence-electron chi connectivity index (χ1n) is 5.79. The van der Waals surface area contributed by atoms with Crippen LogP contribution < -0.4 is 5.32 Å². The molecular weight excluding hydrogens is 243 g/mol. The Morgan fingerprint density at radius 2 is 1.94 bits per heavy atom. The highest BCUT2D eigenvalue weighted by Crippen LogP contribution is 2.35. The van der Waals surface area contributed by atoms with Crippen molar-refractivity contribution in [3.8, 4) is 0 Å². The number of alkyl halides is 2. The molecule has 5 heteroatoms. The number of halogens is 3. The molecule has 1 atom stereocenters. The highest BCUT2D eigenvalue weighted by molar-refractivity contribution is 5.28. The lowest BCUT2D eigenvalue weighted by Gasteiger charge is -2.44. The Bertz CT molecular complexity index is 424. The van der Waals surface area contributed by atoms with E-state index in [1.54, 1.807) is 19.9 Å². The number of nitrogens with one attached hydrogen (secondary N) is 1. The van der Waals surface area contributed by atoms with Gasteiger partial charge in [0, 0.05) is 12.1 Å². The molecule has 2 rings (SSSR count). The summed E-state index contributed by atoms with van der Waals surface area (Å²) in [4.78, 5) is 0. The van der Waals surface area contributed by atoms with E-state index in [1.807, 2.05) is 0 Å². The van der Waals surface area contributed by atoms with Crippen LogP contribution in [-0.2, 0) is 10.3 Å². The summed E-state index contributed by atoms with van der Waals surface area (Å²) in [5, 5.41) is 2.76. The zero-order chi connectivity index (χ0) is 13.4. The van der Waals surface area contributed by atoms with E-state index in [4.69, 9.17) is 4.74 Å². The number of hydrogen-bond donors (Lipinski definition) is 1. The third-order valence-corrected chi connectivity index (χ3v) is 3.25. The molecule has 1 aliphatic rings. The molecule has 1 aromatic carbocycles. The maximum absolute atomic E-state index is 13.7. The molecule has 0 spiro atoms. The Hall–Kier alpha value is -1.07. The molecule has 1 unspecified atom stereocenters. The van der Waals surface area contributed by atoms with Gasteiger partial charge in [0.25, 0.3) is 6.43 Å². The minimum atomic E-state index is -2.74. The number of hydrogen-bond acceptors (Lipinski definition) is 2. The summed E-state index contributed by atoms with van der Waals surface area (Å²) in [5.74, 6) is -0.645. The fraction of sp³-hybridized carbons (Fsp3) is 0.538. The van der Waals surface area contributed by atoms with Crippen LogP contribution in [0.2, 0.25) is 0 Å². The van der Waals surface area contributed by atoms with E-state index in [2.05, 4.69) is 5.32 Å². The average molecular weight is 259 g/mol. The van der Waals surface area contributed by atoms with Crippen LogP contribution in [0.3, 0.4) is 0 Å². The number of rotatable bonds is 2. The summed E-state index contributed by atoms with van der Waals surface area (Å²) >= 11 is 0. The molecule has 1 N–H and O–H groups in total. The second-order valence-electron chi connectivity index (χ2n) is 5.15. The maximum atomic E-state index is 13.7. The number of ether oxygens (including phenoxy) is 1. The smallest absolute Gasteiger partial charge is 0.263 e. The molecular formula is C13H16F3NO. The van der Waals surface area contributed by atoms with E-state index < -0.39 is 23.4 Å². The molecule has 1 saturated heterocycles. The third kappa shape index (κ3) is 2.24. The lowest BCUT2D eigenvalue weighted by atomic mass is 9.87. The van der Waals surface area contributed by atoms with Gasteiger partial charge in [-0.15, -0.1) is 0 Å². The predicted octanol–water partition coefficient (Wildman–Crippen LogP) is 2.68. The van der Waals surface area contributed by atoms with Gasteiger partial charge >= 0.3 is 0 Å². The minimum absolute atomic E-state index is 0.0458. The van der Waals surface area contributed by atoms with Crippen molar-refractivity contribution in [3.05, 3.63) is 35.6 Å². The van der Waals surface area contributed by atoms with Crippen molar-refractivity contribution in [2.45, 2.75) is 31.4 Å². The van der Waals surface area contributed by atoms with Gasteiger partial charge < -0.3 is 4.74 Å². The summed E-state index contributed by atoms with van der Waals surface area (Å²) in [6.45, 7) is 3.59. The number of morpholine rings is 1. The van der Waals surface area contributed by atoms with E-state index in [9.17, 15) is 13.2 Å². The van der Waals surface area contributed by atoms with Crippen molar-refractivity contribution in [1.82, 2.24) is 5.32 Å². The van der Waals surface area contributed by atoms with Gasteiger partial charge in [-0.2, -0.15) is 0 Å². The van der Waals surface area contributed by atoms with Gasteiger partial charge in [-0.1, -0.05) is 18.2 Å². The van der Waals surface area contributed by atoms with Gasteiger partial charge in [-0.3, -0.25) is 5.32 Å². The molecule has 1 fully saturated rings. The average Bonchev–Trinajstić information content (AvgIpc) is 2.30. The van der Waals surface area contributed by atoms with Crippen LogP contribution in [0.4, 0.5) is 13.2 Å². The molecule has 0 aromatic heterocycles. The topological polar surface area (TPSA) is 21.3 Å². The lowest BCUT2D eigenvalue weighted by Crippen LogP contribution is -2.62. The maximum Gasteiger partial charge on any atom is 0.263 e. The van der Waals surface area contributed by atoms with Crippen LogP contribution in [0.1, 0.15) is 19.4 Å². The second kappa shape index (κ2) is 4.55. The molecule has 0 bridgehead atoms. The Balaban J connectivity index is 2.38. The fourth-order valence-electron chi connectivity index (χ4n) is 2.04. The zero-order valence-corrected chi connectivity index (χ0v) is 10.3. The Morgan fingerprint density at radius 3 is 2.44 bits per heavy atom. The molecule has 2 nitrogen and oxygen atoms in total. The normalized spacial score (nSPS) is 27.4. The van der Waals surface area contributed by atoms with Crippen LogP contribution in [0.25, 0.3) is 0 Å². The summed E-state index contributed by atoms with van der Waals surface area (Å²) in [6.07, 6.45) is -2.74. The first kappa shape index (κ1) is 13.4. The molecule has 1 aliphatic heterocycles. The molecule has 1 heterocycles. The molecule has 0 amide bonds. The standard InChI is InChI=1S/C13H16F3NO/c1-12(2)7-17-13(8-18-12,11(15)16)9-5-3-4-6-10(9)14/h3-6,11,17H,7-8H2,1-2H3. The van der Waals surface area contributed by atoms with Crippen LogP contribution in [-0.4, -0.2) is 25.2 Å².